The molecule has 0 aliphatic heterocycles. The molecule has 1 aromatic heterocycles. The average Bonchev–Trinajstić information content (AvgIpc) is 3.08. The molecule has 2 aromatic rings. The summed E-state index contributed by atoms with van der Waals surface area (Å²) in [6.07, 6.45) is 2.84. The molecule has 24 heavy (non-hydrogen) atoms. The van der Waals surface area contributed by atoms with Gasteiger partial charge in [0.25, 0.3) is 5.91 Å². The average molecular weight is 329 g/mol. The molecule has 1 N–H and O–H groups in total. The summed E-state index contributed by atoms with van der Waals surface area (Å²) in [4.78, 5) is 28.3. The molecule has 0 saturated heterocycles. The van der Waals surface area contributed by atoms with Gasteiger partial charge in [-0.15, -0.1) is 0 Å². The standard InChI is InChI=1S/C18H23N3O3/c1-20(2)10-9-19-17(22)13-21(12-15-6-4-3-5-7-15)18(23)16-8-11-24-14-16/h3-8,11,14H,9-10,12-13H2,1-2H3,(H,19,22). The SMILES string of the molecule is CN(C)CCNC(=O)CN(Cc1ccccc1)C(=O)c1ccoc1. The lowest BCUT2D eigenvalue weighted by molar-refractivity contribution is -0.121. The van der Waals surface area contributed by atoms with Crippen molar-refractivity contribution in [1.29, 1.82) is 0 Å². The molecule has 2 rings (SSSR count). The molecule has 0 aliphatic rings. The van der Waals surface area contributed by atoms with Crippen LogP contribution in [0.1, 0.15) is 15.9 Å². The fourth-order valence-electron chi connectivity index (χ4n) is 2.22. The summed E-state index contributed by atoms with van der Waals surface area (Å²) in [5, 5.41) is 2.83. The van der Waals surface area contributed by atoms with Crippen LogP contribution in [0.2, 0.25) is 0 Å². The van der Waals surface area contributed by atoms with Crippen LogP contribution >= 0.6 is 0 Å². The van der Waals surface area contributed by atoms with Gasteiger partial charge in [0.1, 0.15) is 12.8 Å². The molecule has 128 valence electrons. The second-order valence-corrected chi connectivity index (χ2v) is 5.81. The molecule has 1 aromatic carbocycles. The molecule has 0 saturated carbocycles. The number of carbonyl (C=O) groups is 2. The van der Waals surface area contributed by atoms with E-state index in [0.717, 1.165) is 12.1 Å². The number of rotatable bonds is 8. The predicted octanol–water partition coefficient (Wildman–Crippen LogP) is 1.60. The van der Waals surface area contributed by atoms with Crippen molar-refractivity contribution >= 4 is 11.8 Å². The van der Waals surface area contributed by atoms with Gasteiger partial charge in [-0.25, -0.2) is 0 Å². The summed E-state index contributed by atoms with van der Waals surface area (Å²) < 4.78 is 4.98. The van der Waals surface area contributed by atoms with Crippen molar-refractivity contribution < 1.29 is 14.0 Å². The van der Waals surface area contributed by atoms with Crippen LogP contribution in [0, 0.1) is 0 Å². The third kappa shape index (κ3) is 5.55. The van der Waals surface area contributed by atoms with Crippen LogP contribution in [0.15, 0.2) is 53.3 Å². The van der Waals surface area contributed by atoms with Crippen molar-refractivity contribution in [2.45, 2.75) is 6.54 Å². The number of furan rings is 1. The molecular formula is C18H23N3O3. The van der Waals surface area contributed by atoms with E-state index in [1.165, 1.54) is 17.4 Å². The molecule has 0 spiro atoms. The highest BCUT2D eigenvalue weighted by atomic mass is 16.3. The normalized spacial score (nSPS) is 10.6. The Morgan fingerprint density at radius 2 is 1.88 bits per heavy atom. The number of hydrogen-bond acceptors (Lipinski definition) is 4. The number of nitrogens with one attached hydrogen (secondary N) is 1. The monoisotopic (exact) mass is 329 g/mol. The van der Waals surface area contributed by atoms with E-state index in [1.807, 2.05) is 49.3 Å². The maximum absolute atomic E-state index is 12.6. The molecule has 1 heterocycles. The highest BCUT2D eigenvalue weighted by Crippen LogP contribution is 2.10. The number of hydrogen-bond donors (Lipinski definition) is 1. The summed E-state index contributed by atoms with van der Waals surface area (Å²) in [5.74, 6) is -0.403. The van der Waals surface area contributed by atoms with Gasteiger partial charge in [-0.05, 0) is 25.7 Å². The number of amides is 2. The Balaban J connectivity index is 2.02. The van der Waals surface area contributed by atoms with E-state index in [9.17, 15) is 9.59 Å². The summed E-state index contributed by atoms with van der Waals surface area (Å²) in [7, 11) is 3.88. The fourth-order valence-corrected chi connectivity index (χ4v) is 2.22. The highest BCUT2D eigenvalue weighted by Gasteiger charge is 2.20. The Labute approximate surface area is 142 Å². The first-order chi connectivity index (χ1) is 11.6. The van der Waals surface area contributed by atoms with Crippen LogP contribution in [0.25, 0.3) is 0 Å². The molecule has 0 radical (unpaired) electrons. The van der Waals surface area contributed by atoms with Gasteiger partial charge < -0.3 is 19.5 Å². The van der Waals surface area contributed by atoms with Crippen LogP contribution in [0.3, 0.4) is 0 Å². The van der Waals surface area contributed by atoms with Gasteiger partial charge in [0.2, 0.25) is 5.91 Å². The Morgan fingerprint density at radius 1 is 1.12 bits per heavy atom. The van der Waals surface area contributed by atoms with E-state index >= 15 is 0 Å². The van der Waals surface area contributed by atoms with E-state index in [0.29, 0.717) is 18.7 Å². The molecule has 2 amide bonds. The van der Waals surface area contributed by atoms with Gasteiger partial charge >= 0.3 is 0 Å². The predicted molar refractivity (Wildman–Crippen MR) is 91.5 cm³/mol. The zero-order valence-corrected chi connectivity index (χ0v) is 14.1. The van der Waals surface area contributed by atoms with E-state index in [1.54, 1.807) is 6.07 Å². The first-order valence-electron chi connectivity index (χ1n) is 7.83. The first kappa shape index (κ1) is 17.7. The van der Waals surface area contributed by atoms with Crippen LogP contribution < -0.4 is 5.32 Å². The zero-order valence-electron chi connectivity index (χ0n) is 14.1. The summed E-state index contributed by atoms with van der Waals surface area (Å²) in [6.45, 7) is 1.67. The largest absolute Gasteiger partial charge is 0.472 e. The van der Waals surface area contributed by atoms with Crippen molar-refractivity contribution in [2.75, 3.05) is 33.7 Å². The Morgan fingerprint density at radius 3 is 2.50 bits per heavy atom. The quantitative estimate of drug-likeness (QED) is 0.799. The van der Waals surface area contributed by atoms with Crippen LogP contribution in [0.5, 0.6) is 0 Å². The molecule has 0 atom stereocenters. The Hall–Kier alpha value is -2.60. The highest BCUT2D eigenvalue weighted by molar-refractivity contribution is 5.96. The molecule has 0 unspecified atom stereocenters. The number of likely N-dealkylation sites (N-methyl/N-ethyl adjacent to an activating group) is 1. The van der Waals surface area contributed by atoms with Gasteiger partial charge in [-0.3, -0.25) is 9.59 Å². The van der Waals surface area contributed by atoms with Gasteiger partial charge in [0.05, 0.1) is 11.8 Å². The molecule has 0 bridgehead atoms. The maximum atomic E-state index is 12.6. The lowest BCUT2D eigenvalue weighted by Gasteiger charge is -2.22. The van der Waals surface area contributed by atoms with Crippen molar-refractivity contribution in [1.82, 2.24) is 15.1 Å². The maximum Gasteiger partial charge on any atom is 0.257 e. The second kappa shape index (κ2) is 8.88. The van der Waals surface area contributed by atoms with Crippen molar-refractivity contribution in [3.8, 4) is 0 Å². The minimum Gasteiger partial charge on any atom is -0.472 e. The van der Waals surface area contributed by atoms with Crippen LogP contribution in [0.4, 0.5) is 0 Å². The summed E-state index contributed by atoms with van der Waals surface area (Å²) in [5.41, 5.74) is 1.41. The van der Waals surface area contributed by atoms with Gasteiger partial charge in [-0.1, -0.05) is 30.3 Å². The molecule has 0 aliphatic carbocycles. The molecule has 6 nitrogen and oxygen atoms in total. The van der Waals surface area contributed by atoms with E-state index in [4.69, 9.17) is 4.42 Å². The Kier molecular flexibility index (Phi) is 6.57. The van der Waals surface area contributed by atoms with Gasteiger partial charge in [-0.2, -0.15) is 0 Å². The van der Waals surface area contributed by atoms with Crippen LogP contribution in [-0.2, 0) is 11.3 Å². The van der Waals surface area contributed by atoms with E-state index < -0.39 is 0 Å². The zero-order chi connectivity index (χ0) is 17.4. The lowest BCUT2D eigenvalue weighted by atomic mass is 10.2. The number of benzene rings is 1. The van der Waals surface area contributed by atoms with Gasteiger partial charge in [0.15, 0.2) is 0 Å². The van der Waals surface area contributed by atoms with E-state index in [-0.39, 0.29) is 18.4 Å². The third-order valence-corrected chi connectivity index (χ3v) is 3.49. The van der Waals surface area contributed by atoms with Gasteiger partial charge in [0, 0.05) is 19.6 Å². The first-order valence-corrected chi connectivity index (χ1v) is 7.83. The third-order valence-electron chi connectivity index (χ3n) is 3.49. The summed E-state index contributed by atoms with van der Waals surface area (Å²) >= 11 is 0. The molecule has 0 fully saturated rings. The molecule has 6 heteroatoms. The number of carbonyl (C=O) groups excluding carboxylic acids is 2. The minimum absolute atomic E-state index is 0.00629. The minimum atomic E-state index is -0.227. The number of nitrogens with zero attached hydrogens (tertiary/aromatic N) is 2. The van der Waals surface area contributed by atoms with Crippen molar-refractivity contribution in [2.24, 2.45) is 0 Å². The second-order valence-electron chi connectivity index (χ2n) is 5.81. The van der Waals surface area contributed by atoms with Crippen molar-refractivity contribution in [3.63, 3.8) is 0 Å². The molecular weight excluding hydrogens is 306 g/mol. The Bertz CT molecular complexity index is 639. The van der Waals surface area contributed by atoms with E-state index in [2.05, 4.69) is 5.32 Å². The topological polar surface area (TPSA) is 65.8 Å². The summed E-state index contributed by atoms with van der Waals surface area (Å²) in [6, 6.07) is 11.2. The van der Waals surface area contributed by atoms with Crippen LogP contribution in [-0.4, -0.2) is 55.3 Å². The smallest absolute Gasteiger partial charge is 0.257 e. The fraction of sp³-hybridized carbons (Fsp3) is 0.333. The van der Waals surface area contributed by atoms with Crippen molar-refractivity contribution in [3.05, 3.63) is 60.1 Å². The lowest BCUT2D eigenvalue weighted by Crippen LogP contribution is -2.41.